The number of aromatic nitrogens is 3. The van der Waals surface area contributed by atoms with Gasteiger partial charge in [0.05, 0.1) is 36.2 Å². The van der Waals surface area contributed by atoms with E-state index in [9.17, 15) is 13.2 Å². The van der Waals surface area contributed by atoms with E-state index in [4.69, 9.17) is 9.47 Å². The lowest BCUT2D eigenvalue weighted by molar-refractivity contribution is 0.0745. The van der Waals surface area contributed by atoms with Crippen molar-refractivity contribution in [1.82, 2.24) is 19.9 Å². The van der Waals surface area contributed by atoms with Crippen molar-refractivity contribution < 1.29 is 22.7 Å². The number of amides is 1. The topological polar surface area (TPSA) is 107 Å². The average Bonchev–Trinajstić information content (AvgIpc) is 3.55. The van der Waals surface area contributed by atoms with E-state index in [0.717, 1.165) is 22.6 Å². The minimum atomic E-state index is -3.72. The Bertz CT molecular complexity index is 1940. The van der Waals surface area contributed by atoms with Crippen molar-refractivity contribution in [2.75, 3.05) is 38.2 Å². The number of aryl methyl sites for hydroxylation is 1. The van der Waals surface area contributed by atoms with Crippen LogP contribution >= 0.6 is 0 Å². The van der Waals surface area contributed by atoms with Gasteiger partial charge in [-0.05, 0) is 60.0 Å². The molecule has 10 nitrogen and oxygen atoms in total. The Kier molecular flexibility index (Phi) is 9.53. The molecule has 4 aromatic carbocycles. The summed E-state index contributed by atoms with van der Waals surface area (Å²) in [5, 5.41) is 8.35. The molecular formula is C36H37N5O5S. The van der Waals surface area contributed by atoms with Gasteiger partial charge in [0, 0.05) is 31.7 Å². The zero-order chi connectivity index (χ0) is 32.8. The van der Waals surface area contributed by atoms with E-state index in [1.807, 2.05) is 67.7 Å². The second kappa shape index (κ2) is 14.1. The number of benzene rings is 4. The van der Waals surface area contributed by atoms with Gasteiger partial charge in [0.25, 0.3) is 5.91 Å². The van der Waals surface area contributed by atoms with E-state index in [1.54, 1.807) is 53.1 Å². The third-order valence-corrected chi connectivity index (χ3v) is 9.92. The number of hydrogen-bond acceptors (Lipinski definition) is 8. The smallest absolute Gasteiger partial charge is 0.254 e. The Morgan fingerprint density at radius 1 is 0.851 bits per heavy atom. The number of piperazine rings is 1. The van der Waals surface area contributed by atoms with E-state index in [-0.39, 0.29) is 23.2 Å². The lowest BCUT2D eigenvalue weighted by Gasteiger charge is -2.36. The van der Waals surface area contributed by atoms with Crippen LogP contribution in [0.1, 0.15) is 32.7 Å². The van der Waals surface area contributed by atoms with Crippen molar-refractivity contribution >= 4 is 21.4 Å². The highest BCUT2D eigenvalue weighted by molar-refractivity contribution is 7.90. The summed E-state index contributed by atoms with van der Waals surface area (Å²) in [5.41, 5.74) is 4.57. The summed E-state index contributed by atoms with van der Waals surface area (Å²) >= 11 is 0. The van der Waals surface area contributed by atoms with Gasteiger partial charge in [0.2, 0.25) is 0 Å². The summed E-state index contributed by atoms with van der Waals surface area (Å²) in [4.78, 5) is 17.7. The molecule has 0 aliphatic carbocycles. The van der Waals surface area contributed by atoms with Gasteiger partial charge in [-0.25, -0.2) is 13.1 Å². The van der Waals surface area contributed by atoms with Gasteiger partial charge < -0.3 is 19.3 Å². The molecule has 11 heteroatoms. The van der Waals surface area contributed by atoms with Gasteiger partial charge >= 0.3 is 0 Å². The molecule has 242 valence electrons. The Labute approximate surface area is 275 Å². The van der Waals surface area contributed by atoms with E-state index >= 15 is 0 Å². The molecule has 1 aliphatic rings. The van der Waals surface area contributed by atoms with Crippen molar-refractivity contribution in [2.45, 2.75) is 30.7 Å². The van der Waals surface area contributed by atoms with Crippen LogP contribution in [0.15, 0.2) is 108 Å². The Morgan fingerprint density at radius 2 is 1.57 bits per heavy atom. The second-order valence-electron chi connectivity index (χ2n) is 11.5. The average molecular weight is 652 g/mol. The van der Waals surface area contributed by atoms with Crippen molar-refractivity contribution in [3.05, 3.63) is 131 Å². The van der Waals surface area contributed by atoms with Crippen molar-refractivity contribution in [3.8, 4) is 11.5 Å². The van der Waals surface area contributed by atoms with Crippen LogP contribution in [0.5, 0.6) is 11.5 Å². The summed E-state index contributed by atoms with van der Waals surface area (Å²) in [6.07, 6.45) is 1.84. The molecule has 1 aliphatic heterocycles. The fourth-order valence-corrected chi connectivity index (χ4v) is 7.00. The molecule has 47 heavy (non-hydrogen) atoms. The molecule has 0 bridgehead atoms. The standard InChI is InChI=1S/C36H37N5O5S/c1-27-12-17-32(22-33(27)36(42)40-20-18-39(19-21-40)34-10-6-7-11-35(34)45-2)47(43,44)26-29-13-15-31(16-14-29)46-25-30-24-41(38-37-30)23-28-8-4-3-5-9-28/h3-17,22,24H,18-21,23,25-26H2,1-2H3. The van der Waals surface area contributed by atoms with E-state index < -0.39 is 9.84 Å². The maximum absolute atomic E-state index is 13.6. The normalized spacial score (nSPS) is 13.4. The summed E-state index contributed by atoms with van der Waals surface area (Å²) in [6, 6.07) is 29.6. The van der Waals surface area contributed by atoms with Crippen LogP contribution < -0.4 is 14.4 Å². The number of carbonyl (C=O) groups is 1. The number of sulfone groups is 1. The van der Waals surface area contributed by atoms with Crippen molar-refractivity contribution in [1.29, 1.82) is 0 Å². The molecule has 1 fully saturated rings. The number of nitrogens with zero attached hydrogens (tertiary/aromatic N) is 5. The van der Waals surface area contributed by atoms with E-state index in [1.165, 1.54) is 6.07 Å². The zero-order valence-corrected chi connectivity index (χ0v) is 27.3. The minimum absolute atomic E-state index is 0.123. The van der Waals surface area contributed by atoms with Crippen molar-refractivity contribution in [3.63, 3.8) is 0 Å². The maximum Gasteiger partial charge on any atom is 0.254 e. The number of methoxy groups -OCH3 is 1. The minimum Gasteiger partial charge on any atom is -0.495 e. The second-order valence-corrected chi connectivity index (χ2v) is 13.5. The fraction of sp³-hybridized carbons (Fsp3) is 0.250. The largest absolute Gasteiger partial charge is 0.495 e. The first-order chi connectivity index (χ1) is 22.8. The number of carbonyl (C=O) groups excluding carboxylic acids is 1. The monoisotopic (exact) mass is 651 g/mol. The summed E-state index contributed by atoms with van der Waals surface area (Å²) in [6.45, 7) is 5.03. The number of para-hydroxylation sites is 2. The summed E-state index contributed by atoms with van der Waals surface area (Å²) < 4.78 is 40.1. The lowest BCUT2D eigenvalue weighted by atomic mass is 10.1. The zero-order valence-electron chi connectivity index (χ0n) is 26.5. The molecule has 2 heterocycles. The highest BCUT2D eigenvalue weighted by atomic mass is 32.2. The van der Waals surface area contributed by atoms with Gasteiger partial charge in [-0.2, -0.15) is 0 Å². The molecule has 0 atom stereocenters. The highest BCUT2D eigenvalue weighted by Gasteiger charge is 2.26. The first-order valence-corrected chi connectivity index (χ1v) is 17.1. The molecule has 0 saturated carbocycles. The summed E-state index contributed by atoms with van der Waals surface area (Å²) in [5.74, 6) is 1.03. The van der Waals surface area contributed by atoms with Crippen LogP contribution in [0.25, 0.3) is 0 Å². The predicted molar refractivity (Wildman–Crippen MR) is 180 cm³/mol. The van der Waals surface area contributed by atoms with E-state index in [0.29, 0.717) is 55.3 Å². The fourth-order valence-electron chi connectivity index (χ4n) is 5.63. The number of ether oxygens (including phenoxy) is 2. The number of rotatable bonds is 11. The number of hydrogen-bond donors (Lipinski definition) is 0. The quantitative estimate of drug-likeness (QED) is 0.193. The molecule has 1 aromatic heterocycles. The van der Waals surface area contributed by atoms with Gasteiger partial charge in [-0.1, -0.05) is 65.9 Å². The molecule has 0 radical (unpaired) electrons. The Balaban J connectivity index is 1.05. The van der Waals surface area contributed by atoms with Crippen LogP contribution in [-0.2, 0) is 28.7 Å². The third kappa shape index (κ3) is 7.63. The lowest BCUT2D eigenvalue weighted by Crippen LogP contribution is -2.49. The van der Waals surface area contributed by atoms with Crippen LogP contribution in [0.4, 0.5) is 5.69 Å². The first-order valence-electron chi connectivity index (χ1n) is 15.4. The molecule has 0 unspecified atom stereocenters. The van der Waals surface area contributed by atoms with Crippen LogP contribution in [0.2, 0.25) is 0 Å². The van der Waals surface area contributed by atoms with Gasteiger partial charge in [0.1, 0.15) is 23.8 Å². The van der Waals surface area contributed by atoms with E-state index in [2.05, 4.69) is 15.2 Å². The first kappa shape index (κ1) is 31.8. The summed E-state index contributed by atoms with van der Waals surface area (Å²) in [7, 11) is -2.07. The third-order valence-electron chi connectivity index (χ3n) is 8.23. The van der Waals surface area contributed by atoms with Crippen LogP contribution in [-0.4, -0.2) is 67.5 Å². The number of anilines is 1. The highest BCUT2D eigenvalue weighted by Crippen LogP contribution is 2.29. The Morgan fingerprint density at radius 3 is 2.32 bits per heavy atom. The van der Waals surface area contributed by atoms with Gasteiger partial charge in [-0.15, -0.1) is 5.10 Å². The molecule has 0 N–H and O–H groups in total. The molecule has 1 amide bonds. The molecule has 5 aromatic rings. The van der Waals surface area contributed by atoms with Gasteiger partial charge in [-0.3, -0.25) is 4.79 Å². The van der Waals surface area contributed by atoms with Crippen molar-refractivity contribution in [2.24, 2.45) is 0 Å². The predicted octanol–water partition coefficient (Wildman–Crippen LogP) is 5.16. The van der Waals surface area contributed by atoms with Gasteiger partial charge in [0.15, 0.2) is 9.84 Å². The molecule has 1 saturated heterocycles. The SMILES string of the molecule is COc1ccccc1N1CCN(C(=O)c2cc(S(=O)(=O)Cc3ccc(OCc4cn(Cc5ccccc5)nn4)cc3)ccc2C)CC1. The molecule has 6 rings (SSSR count). The van der Waals surface area contributed by atoms with Crippen LogP contribution in [0, 0.1) is 6.92 Å². The molecule has 0 spiro atoms. The maximum atomic E-state index is 13.6. The Hall–Kier alpha value is -5.16. The van der Waals surface area contributed by atoms with Crippen LogP contribution in [0.3, 0.4) is 0 Å². The molecular weight excluding hydrogens is 614 g/mol.